The Morgan fingerprint density at radius 2 is 1.75 bits per heavy atom. The molecule has 0 aliphatic carbocycles. The zero-order valence-electron chi connectivity index (χ0n) is 17.7. The van der Waals surface area contributed by atoms with Gasteiger partial charge in [0.1, 0.15) is 0 Å². The molecule has 0 aromatic heterocycles. The largest absolute Gasteiger partial charge is 0.379 e. The zero-order chi connectivity index (χ0) is 22.9. The number of hydrogen-bond acceptors (Lipinski definition) is 6. The average molecular weight is 480 g/mol. The first kappa shape index (κ1) is 22.7. The molecule has 4 rings (SSSR count). The molecule has 32 heavy (non-hydrogen) atoms. The summed E-state index contributed by atoms with van der Waals surface area (Å²) in [6, 6.07) is 11.1. The van der Waals surface area contributed by atoms with Gasteiger partial charge < -0.3 is 10.1 Å². The van der Waals surface area contributed by atoms with Gasteiger partial charge in [0.05, 0.1) is 30.1 Å². The predicted octanol–water partition coefficient (Wildman–Crippen LogP) is 1.67. The fourth-order valence-electron chi connectivity index (χ4n) is 3.92. The Balaban J connectivity index is 1.54. The van der Waals surface area contributed by atoms with Gasteiger partial charge in [-0.2, -0.15) is 4.31 Å². The highest BCUT2D eigenvalue weighted by Gasteiger charge is 2.27. The number of fused-ring (bicyclic) bond motifs is 1. The van der Waals surface area contributed by atoms with Crippen LogP contribution in [0.4, 0.5) is 11.4 Å². The first-order valence-electron chi connectivity index (χ1n) is 10.3. The smallest absolute Gasteiger partial charge is 0.255 e. The number of nitrogens with zero attached hydrogens (tertiary/aromatic N) is 2. The maximum atomic E-state index is 12.9. The quantitative estimate of drug-likeness (QED) is 0.698. The summed E-state index contributed by atoms with van der Waals surface area (Å²) in [5.41, 5.74) is 2.12. The first-order valence-corrected chi connectivity index (χ1v) is 13.5. The second kappa shape index (κ2) is 8.81. The fraction of sp³-hybridized carbons (Fsp3) is 0.381. The number of sulfonamides is 2. The third kappa shape index (κ3) is 4.65. The molecule has 2 aromatic carbocycles. The summed E-state index contributed by atoms with van der Waals surface area (Å²) in [5, 5.41) is 2.74. The van der Waals surface area contributed by atoms with Gasteiger partial charge in [0.25, 0.3) is 5.91 Å². The second-order valence-electron chi connectivity index (χ2n) is 7.78. The Kier molecular flexibility index (Phi) is 6.26. The molecule has 2 aliphatic heterocycles. The molecule has 1 amide bonds. The van der Waals surface area contributed by atoms with Crippen LogP contribution in [-0.2, 0) is 31.2 Å². The van der Waals surface area contributed by atoms with Gasteiger partial charge >= 0.3 is 0 Å². The fourth-order valence-corrected chi connectivity index (χ4v) is 6.37. The van der Waals surface area contributed by atoms with Crippen LogP contribution in [0.3, 0.4) is 0 Å². The van der Waals surface area contributed by atoms with Crippen molar-refractivity contribution in [1.82, 2.24) is 4.31 Å². The van der Waals surface area contributed by atoms with Crippen LogP contribution in [0.15, 0.2) is 47.4 Å². The molecule has 0 spiro atoms. The molecule has 172 valence electrons. The average Bonchev–Trinajstić information content (AvgIpc) is 2.78. The number of aryl methyl sites for hydroxylation is 1. The van der Waals surface area contributed by atoms with Crippen molar-refractivity contribution in [2.45, 2.75) is 17.7 Å². The van der Waals surface area contributed by atoms with Crippen molar-refractivity contribution in [1.29, 1.82) is 0 Å². The van der Waals surface area contributed by atoms with Crippen molar-refractivity contribution >= 4 is 37.3 Å². The molecule has 0 saturated carbocycles. The predicted molar refractivity (Wildman–Crippen MR) is 121 cm³/mol. The van der Waals surface area contributed by atoms with Gasteiger partial charge in [-0.3, -0.25) is 9.10 Å². The standard InChI is InChI=1S/C21H25N3O6S2/c1-31(26,27)24-9-3-4-16-14-17(7-8-20(16)24)21(25)22-18-5-2-6-19(15-18)32(28,29)23-10-12-30-13-11-23/h2,5-8,14-15H,3-4,9-13H2,1H3,(H,22,25). The number of benzene rings is 2. The van der Waals surface area contributed by atoms with Crippen molar-refractivity contribution in [2.24, 2.45) is 0 Å². The number of rotatable bonds is 5. The summed E-state index contributed by atoms with van der Waals surface area (Å²) in [4.78, 5) is 12.9. The van der Waals surface area contributed by atoms with Crippen molar-refractivity contribution in [3.05, 3.63) is 53.6 Å². The van der Waals surface area contributed by atoms with E-state index in [1.807, 2.05) is 0 Å². The molecule has 0 atom stereocenters. The van der Waals surface area contributed by atoms with E-state index in [0.717, 1.165) is 5.56 Å². The lowest BCUT2D eigenvalue weighted by Gasteiger charge is -2.29. The van der Waals surface area contributed by atoms with Crippen LogP contribution in [0.2, 0.25) is 0 Å². The van der Waals surface area contributed by atoms with Crippen LogP contribution in [0.1, 0.15) is 22.3 Å². The lowest BCUT2D eigenvalue weighted by Crippen LogP contribution is -2.40. The molecular weight excluding hydrogens is 454 g/mol. The van der Waals surface area contributed by atoms with E-state index in [-0.39, 0.29) is 4.90 Å². The van der Waals surface area contributed by atoms with Crippen molar-refractivity contribution in [2.75, 3.05) is 48.7 Å². The third-order valence-corrected chi connectivity index (χ3v) is 8.59. The summed E-state index contributed by atoms with van der Waals surface area (Å²) in [6.45, 7) is 1.70. The van der Waals surface area contributed by atoms with E-state index >= 15 is 0 Å². The van der Waals surface area contributed by atoms with Crippen LogP contribution in [0.25, 0.3) is 0 Å². The molecule has 0 bridgehead atoms. The second-order valence-corrected chi connectivity index (χ2v) is 11.6. The minimum absolute atomic E-state index is 0.103. The highest BCUT2D eigenvalue weighted by Crippen LogP contribution is 2.30. The lowest BCUT2D eigenvalue weighted by molar-refractivity contribution is 0.0730. The van der Waals surface area contributed by atoms with Crippen molar-refractivity contribution < 1.29 is 26.4 Å². The number of hydrogen-bond donors (Lipinski definition) is 1. The number of carbonyl (C=O) groups is 1. The Labute approximate surface area is 188 Å². The Hall–Kier alpha value is -2.47. The van der Waals surface area contributed by atoms with Gasteiger partial charge in [0, 0.05) is 30.9 Å². The van der Waals surface area contributed by atoms with Crippen LogP contribution in [0.5, 0.6) is 0 Å². The van der Waals surface area contributed by atoms with E-state index in [1.165, 1.54) is 27.0 Å². The van der Waals surface area contributed by atoms with E-state index in [2.05, 4.69) is 5.32 Å². The van der Waals surface area contributed by atoms with E-state index in [4.69, 9.17) is 4.74 Å². The van der Waals surface area contributed by atoms with E-state index < -0.39 is 26.0 Å². The summed E-state index contributed by atoms with van der Waals surface area (Å²) in [7, 11) is -7.06. The maximum Gasteiger partial charge on any atom is 0.255 e. The molecule has 0 unspecified atom stereocenters. The minimum atomic E-state index is -3.68. The number of nitrogens with one attached hydrogen (secondary N) is 1. The number of amides is 1. The number of ether oxygens (including phenoxy) is 1. The van der Waals surface area contributed by atoms with Gasteiger partial charge in [0.2, 0.25) is 20.0 Å². The van der Waals surface area contributed by atoms with Gasteiger partial charge in [-0.1, -0.05) is 6.07 Å². The highest BCUT2D eigenvalue weighted by molar-refractivity contribution is 7.92. The number of morpholine rings is 1. The molecule has 9 nitrogen and oxygen atoms in total. The number of anilines is 2. The van der Waals surface area contributed by atoms with Crippen LogP contribution < -0.4 is 9.62 Å². The molecule has 1 fully saturated rings. The molecule has 2 heterocycles. The van der Waals surface area contributed by atoms with E-state index in [9.17, 15) is 21.6 Å². The van der Waals surface area contributed by atoms with Gasteiger partial charge in [-0.25, -0.2) is 16.8 Å². The summed E-state index contributed by atoms with van der Waals surface area (Å²) in [6.07, 6.45) is 2.52. The van der Waals surface area contributed by atoms with Crippen LogP contribution in [-0.4, -0.2) is 66.2 Å². The maximum absolute atomic E-state index is 12.9. The SMILES string of the molecule is CS(=O)(=O)N1CCCc2cc(C(=O)Nc3cccc(S(=O)(=O)N4CCOCC4)c3)ccc21. The summed E-state index contributed by atoms with van der Waals surface area (Å²) in [5.74, 6) is -0.398. The zero-order valence-corrected chi connectivity index (χ0v) is 19.3. The molecule has 11 heteroatoms. The first-order chi connectivity index (χ1) is 15.2. The minimum Gasteiger partial charge on any atom is -0.379 e. The molecule has 0 radical (unpaired) electrons. The van der Waals surface area contributed by atoms with Gasteiger partial charge in [-0.15, -0.1) is 0 Å². The molecule has 1 saturated heterocycles. The van der Waals surface area contributed by atoms with Gasteiger partial charge in [0.15, 0.2) is 0 Å². The third-order valence-electron chi connectivity index (χ3n) is 5.52. The van der Waals surface area contributed by atoms with Crippen molar-refractivity contribution in [3.63, 3.8) is 0 Å². The monoisotopic (exact) mass is 479 g/mol. The topological polar surface area (TPSA) is 113 Å². The van der Waals surface area contributed by atoms with Crippen LogP contribution in [0, 0.1) is 0 Å². The Morgan fingerprint density at radius 1 is 1.00 bits per heavy atom. The molecule has 1 N–H and O–H groups in total. The number of carbonyl (C=O) groups excluding carboxylic acids is 1. The normalized spacial score (nSPS) is 17.6. The van der Waals surface area contributed by atoms with Crippen LogP contribution >= 0.6 is 0 Å². The van der Waals surface area contributed by atoms with Crippen molar-refractivity contribution in [3.8, 4) is 0 Å². The summed E-state index contributed by atoms with van der Waals surface area (Å²) >= 11 is 0. The molecule has 2 aliphatic rings. The lowest BCUT2D eigenvalue weighted by atomic mass is 10.0. The molecular formula is C21H25N3O6S2. The Morgan fingerprint density at radius 3 is 2.47 bits per heavy atom. The highest BCUT2D eigenvalue weighted by atomic mass is 32.2. The summed E-state index contributed by atoms with van der Waals surface area (Å²) < 4.78 is 57.7. The van der Waals surface area contributed by atoms with E-state index in [0.29, 0.717) is 62.6 Å². The van der Waals surface area contributed by atoms with E-state index in [1.54, 1.807) is 30.3 Å². The molecule has 2 aromatic rings. The Bertz CT molecular complexity index is 1240. The van der Waals surface area contributed by atoms with Gasteiger partial charge in [-0.05, 0) is 54.8 Å².